The largest absolute Gasteiger partial charge is 0.478 e. The molecule has 0 saturated heterocycles. The number of thiol groups is 1. The monoisotopic (exact) mass is 180 g/mol. The van der Waals surface area contributed by atoms with Gasteiger partial charge in [-0.05, 0) is 0 Å². The Hall–Kier alpha value is -0.620. The molecule has 6 heteroatoms. The SMILES string of the molecule is O=C(O)/C=C\C(=O)OSS. The molecule has 0 aliphatic carbocycles. The highest BCUT2D eigenvalue weighted by molar-refractivity contribution is 8.66. The number of hydrogen-bond acceptors (Lipinski definition) is 5. The van der Waals surface area contributed by atoms with E-state index in [1.807, 2.05) is 0 Å². The van der Waals surface area contributed by atoms with Gasteiger partial charge in [0.15, 0.2) is 0 Å². The zero-order valence-corrected chi connectivity index (χ0v) is 6.39. The maximum atomic E-state index is 10.3. The molecule has 0 aliphatic heterocycles. The molecular formula is C4H4O4S2. The fourth-order valence-electron chi connectivity index (χ4n) is 0.204. The van der Waals surface area contributed by atoms with E-state index in [0.717, 1.165) is 6.08 Å². The average molecular weight is 180 g/mol. The van der Waals surface area contributed by atoms with E-state index in [2.05, 4.69) is 15.8 Å². The van der Waals surface area contributed by atoms with Gasteiger partial charge in [0.1, 0.15) is 11.1 Å². The molecule has 0 radical (unpaired) electrons. The van der Waals surface area contributed by atoms with Gasteiger partial charge in [-0.3, -0.25) is 0 Å². The number of rotatable bonds is 3. The standard InChI is InChI=1S/C4H4O4S2/c5-3(6)1-2-4(7)8-10-9/h1-2,9H,(H,5,6)/b2-1-. The second-order valence-corrected chi connectivity index (χ2v) is 1.91. The molecule has 0 atom stereocenters. The lowest BCUT2D eigenvalue weighted by Crippen LogP contribution is -1.94. The number of hydrogen-bond donors (Lipinski definition) is 2. The van der Waals surface area contributed by atoms with E-state index in [1.165, 1.54) is 0 Å². The van der Waals surface area contributed by atoms with Gasteiger partial charge in [0.05, 0.1) is 0 Å². The number of carbonyl (C=O) groups is 2. The van der Waals surface area contributed by atoms with Gasteiger partial charge in [-0.1, -0.05) is 11.7 Å². The van der Waals surface area contributed by atoms with Crippen LogP contribution >= 0.6 is 22.7 Å². The van der Waals surface area contributed by atoms with Crippen LogP contribution in [0.5, 0.6) is 0 Å². The molecule has 0 amide bonds. The van der Waals surface area contributed by atoms with Crippen LogP contribution in [0.2, 0.25) is 0 Å². The highest BCUT2D eigenvalue weighted by atomic mass is 33.1. The summed E-state index contributed by atoms with van der Waals surface area (Å²) in [6.07, 6.45) is 1.48. The van der Waals surface area contributed by atoms with Gasteiger partial charge in [-0.15, -0.1) is 0 Å². The summed E-state index contributed by atoms with van der Waals surface area (Å²) < 4.78 is 4.18. The summed E-state index contributed by atoms with van der Waals surface area (Å²) in [6.45, 7) is 0. The molecule has 0 saturated carbocycles. The summed E-state index contributed by atoms with van der Waals surface area (Å²) in [5.74, 6) is -1.94. The third-order valence-electron chi connectivity index (χ3n) is 0.481. The van der Waals surface area contributed by atoms with E-state index < -0.39 is 11.9 Å². The second-order valence-electron chi connectivity index (χ2n) is 1.15. The fourth-order valence-corrected chi connectivity index (χ4v) is 0.553. The van der Waals surface area contributed by atoms with E-state index >= 15 is 0 Å². The smallest absolute Gasteiger partial charge is 0.343 e. The third-order valence-corrected chi connectivity index (χ3v) is 0.944. The van der Waals surface area contributed by atoms with Crippen LogP contribution < -0.4 is 0 Å². The van der Waals surface area contributed by atoms with Crippen molar-refractivity contribution in [3.05, 3.63) is 12.2 Å². The van der Waals surface area contributed by atoms with Crippen LogP contribution in [0, 0.1) is 0 Å². The molecule has 0 heterocycles. The number of carboxylic acid groups (broad SMARTS) is 1. The normalized spacial score (nSPS) is 9.70. The molecule has 0 aromatic carbocycles. The summed E-state index contributed by atoms with van der Waals surface area (Å²) in [5.41, 5.74) is 0. The maximum Gasteiger partial charge on any atom is 0.343 e. The Bertz CT molecular complexity index is 165. The Morgan fingerprint density at radius 1 is 1.50 bits per heavy atom. The van der Waals surface area contributed by atoms with Crippen molar-refractivity contribution in [1.29, 1.82) is 0 Å². The van der Waals surface area contributed by atoms with E-state index in [4.69, 9.17) is 5.11 Å². The van der Waals surface area contributed by atoms with E-state index in [1.54, 1.807) is 0 Å². The Morgan fingerprint density at radius 3 is 2.50 bits per heavy atom. The minimum Gasteiger partial charge on any atom is -0.478 e. The molecule has 0 aliphatic rings. The predicted molar refractivity (Wildman–Crippen MR) is 39.4 cm³/mol. The highest BCUT2D eigenvalue weighted by Crippen LogP contribution is 2.06. The molecule has 1 N–H and O–H groups in total. The summed E-state index contributed by atoms with van der Waals surface area (Å²) in [5, 5.41) is 8.01. The fraction of sp³-hybridized carbons (Fsp3) is 0. The quantitative estimate of drug-likeness (QED) is 0.289. The van der Waals surface area contributed by atoms with Crippen LogP contribution in [0.1, 0.15) is 0 Å². The molecule has 0 rings (SSSR count). The Labute approximate surface area is 66.3 Å². The average Bonchev–Trinajstić information content (AvgIpc) is 1.85. The lowest BCUT2D eigenvalue weighted by atomic mass is 10.5. The van der Waals surface area contributed by atoms with Gasteiger partial charge in [0.25, 0.3) is 0 Å². The van der Waals surface area contributed by atoms with Crippen molar-refractivity contribution in [2.75, 3.05) is 0 Å². The van der Waals surface area contributed by atoms with Gasteiger partial charge in [-0.25, -0.2) is 9.59 Å². The first-order valence-electron chi connectivity index (χ1n) is 2.10. The van der Waals surface area contributed by atoms with Crippen molar-refractivity contribution in [2.24, 2.45) is 0 Å². The Balaban J connectivity index is 3.67. The summed E-state index contributed by atoms with van der Waals surface area (Å²) in [4.78, 5) is 20.1. The zero-order valence-electron chi connectivity index (χ0n) is 4.68. The maximum absolute atomic E-state index is 10.3. The number of carboxylic acids is 1. The number of carbonyl (C=O) groups excluding carboxylic acids is 1. The van der Waals surface area contributed by atoms with Gasteiger partial charge in [0, 0.05) is 12.2 Å². The molecule has 0 bridgehead atoms. The highest BCUT2D eigenvalue weighted by Gasteiger charge is 1.95. The van der Waals surface area contributed by atoms with Crippen molar-refractivity contribution >= 4 is 34.7 Å². The van der Waals surface area contributed by atoms with Gasteiger partial charge < -0.3 is 9.29 Å². The molecule has 0 spiro atoms. The van der Waals surface area contributed by atoms with Crippen LogP contribution in [0.3, 0.4) is 0 Å². The van der Waals surface area contributed by atoms with E-state index in [9.17, 15) is 9.59 Å². The zero-order chi connectivity index (χ0) is 7.98. The molecule has 4 nitrogen and oxygen atoms in total. The first-order valence-corrected chi connectivity index (χ1v) is 3.89. The van der Waals surface area contributed by atoms with Gasteiger partial charge >= 0.3 is 11.9 Å². The lowest BCUT2D eigenvalue weighted by Gasteiger charge is -1.88. The van der Waals surface area contributed by atoms with Crippen molar-refractivity contribution < 1.29 is 18.9 Å². The van der Waals surface area contributed by atoms with E-state index in [0.29, 0.717) is 17.2 Å². The van der Waals surface area contributed by atoms with Crippen LogP contribution in [-0.4, -0.2) is 17.0 Å². The second kappa shape index (κ2) is 5.19. The minimum absolute atomic E-state index is 0.562. The first-order chi connectivity index (χ1) is 4.66. The molecular weight excluding hydrogens is 176 g/mol. The third kappa shape index (κ3) is 5.52. The Kier molecular flexibility index (Phi) is 4.87. The van der Waals surface area contributed by atoms with Crippen molar-refractivity contribution in [3.8, 4) is 0 Å². The lowest BCUT2D eigenvalue weighted by molar-refractivity contribution is -0.132. The van der Waals surface area contributed by atoms with Crippen LogP contribution in [0.25, 0.3) is 0 Å². The van der Waals surface area contributed by atoms with Gasteiger partial charge in [-0.2, -0.15) is 0 Å². The molecule has 0 aromatic heterocycles. The van der Waals surface area contributed by atoms with Crippen molar-refractivity contribution in [3.63, 3.8) is 0 Å². The molecule has 0 aromatic rings. The number of aliphatic carboxylic acids is 1. The summed E-state index contributed by atoms with van der Waals surface area (Å²) in [7, 11) is 0. The molecule has 0 unspecified atom stereocenters. The summed E-state index contributed by atoms with van der Waals surface area (Å²) >= 11 is 4.06. The first kappa shape index (κ1) is 9.38. The molecule has 0 fully saturated rings. The van der Waals surface area contributed by atoms with Crippen LogP contribution in [-0.2, 0) is 13.8 Å². The van der Waals surface area contributed by atoms with Crippen molar-refractivity contribution in [1.82, 2.24) is 0 Å². The van der Waals surface area contributed by atoms with Crippen molar-refractivity contribution in [2.45, 2.75) is 0 Å². The molecule has 10 heavy (non-hydrogen) atoms. The van der Waals surface area contributed by atoms with Gasteiger partial charge in [0.2, 0.25) is 0 Å². The van der Waals surface area contributed by atoms with Crippen LogP contribution in [0.15, 0.2) is 12.2 Å². The topological polar surface area (TPSA) is 63.6 Å². The predicted octanol–water partition coefficient (Wildman–Crippen LogP) is 0.663. The molecule has 56 valence electrons. The Morgan fingerprint density at radius 2 is 2.10 bits per heavy atom. The minimum atomic E-state index is -1.19. The van der Waals surface area contributed by atoms with E-state index in [-0.39, 0.29) is 0 Å². The summed E-state index contributed by atoms with van der Waals surface area (Å²) in [6, 6.07) is 0. The van der Waals surface area contributed by atoms with Crippen LogP contribution in [0.4, 0.5) is 0 Å².